The molecule has 2 nitrogen and oxygen atoms in total. The van der Waals surface area contributed by atoms with Crippen LogP contribution in [0.3, 0.4) is 0 Å². The lowest BCUT2D eigenvalue weighted by molar-refractivity contribution is 0.623. The molecule has 0 saturated heterocycles. The van der Waals surface area contributed by atoms with E-state index in [4.69, 9.17) is 0 Å². The summed E-state index contributed by atoms with van der Waals surface area (Å²) in [5, 5.41) is 0. The standard InChI is InChI=1S/C14H9Br2FN2/c1-7-4-8(2-3-9(7)15)14-18-12-5-10(16)11(17)6-13(12)19-14/h2-6H,1H3,(H,18,19). The van der Waals surface area contributed by atoms with Crippen LogP contribution >= 0.6 is 31.9 Å². The van der Waals surface area contributed by atoms with Crippen LogP contribution in [0.5, 0.6) is 0 Å². The second-order valence-electron chi connectivity index (χ2n) is 4.33. The Morgan fingerprint density at radius 2 is 1.89 bits per heavy atom. The zero-order valence-corrected chi connectivity index (χ0v) is 13.1. The molecule has 0 aliphatic rings. The van der Waals surface area contributed by atoms with Gasteiger partial charge in [0.15, 0.2) is 0 Å². The molecule has 0 fully saturated rings. The van der Waals surface area contributed by atoms with Crippen molar-refractivity contribution in [1.82, 2.24) is 9.97 Å². The van der Waals surface area contributed by atoms with Crippen molar-refractivity contribution in [3.05, 3.63) is 50.7 Å². The fourth-order valence-corrected chi connectivity index (χ4v) is 2.51. The molecule has 0 bridgehead atoms. The van der Waals surface area contributed by atoms with Crippen molar-refractivity contribution in [1.29, 1.82) is 0 Å². The van der Waals surface area contributed by atoms with E-state index in [1.807, 2.05) is 25.1 Å². The summed E-state index contributed by atoms with van der Waals surface area (Å²) in [5.41, 5.74) is 3.54. The van der Waals surface area contributed by atoms with Crippen molar-refractivity contribution in [3.63, 3.8) is 0 Å². The second kappa shape index (κ2) is 4.72. The number of hydrogen-bond acceptors (Lipinski definition) is 1. The fourth-order valence-electron chi connectivity index (χ4n) is 1.93. The first-order valence-electron chi connectivity index (χ1n) is 5.66. The molecule has 3 rings (SSSR count). The summed E-state index contributed by atoms with van der Waals surface area (Å²) in [6.07, 6.45) is 0. The third kappa shape index (κ3) is 2.32. The van der Waals surface area contributed by atoms with Crippen molar-refractivity contribution < 1.29 is 4.39 Å². The highest BCUT2D eigenvalue weighted by Gasteiger charge is 2.09. The quantitative estimate of drug-likeness (QED) is 0.614. The minimum atomic E-state index is -0.297. The maximum Gasteiger partial charge on any atom is 0.139 e. The van der Waals surface area contributed by atoms with Crippen LogP contribution in [0.15, 0.2) is 39.3 Å². The van der Waals surface area contributed by atoms with Crippen molar-refractivity contribution in [2.75, 3.05) is 0 Å². The largest absolute Gasteiger partial charge is 0.338 e. The molecule has 2 aromatic carbocycles. The SMILES string of the molecule is Cc1cc(-c2nc3cc(Br)c(F)cc3[nH]2)ccc1Br. The van der Waals surface area contributed by atoms with Gasteiger partial charge in [-0.3, -0.25) is 0 Å². The summed E-state index contributed by atoms with van der Waals surface area (Å²) >= 11 is 6.64. The minimum absolute atomic E-state index is 0.297. The van der Waals surface area contributed by atoms with E-state index in [1.54, 1.807) is 6.07 Å². The number of benzene rings is 2. The normalized spacial score (nSPS) is 11.2. The zero-order valence-electron chi connectivity index (χ0n) is 9.97. The number of nitrogens with zero attached hydrogens (tertiary/aromatic N) is 1. The Morgan fingerprint density at radius 3 is 2.63 bits per heavy atom. The van der Waals surface area contributed by atoms with Gasteiger partial charge < -0.3 is 4.98 Å². The summed E-state index contributed by atoms with van der Waals surface area (Å²) in [4.78, 5) is 7.63. The molecule has 0 amide bonds. The Morgan fingerprint density at radius 1 is 1.11 bits per heavy atom. The monoisotopic (exact) mass is 382 g/mol. The van der Waals surface area contributed by atoms with E-state index >= 15 is 0 Å². The molecule has 5 heteroatoms. The van der Waals surface area contributed by atoms with E-state index in [9.17, 15) is 4.39 Å². The third-order valence-electron chi connectivity index (χ3n) is 2.96. The Hall–Kier alpha value is -1.20. The van der Waals surface area contributed by atoms with Gasteiger partial charge in [-0.25, -0.2) is 9.37 Å². The lowest BCUT2D eigenvalue weighted by Gasteiger charge is -2.00. The van der Waals surface area contributed by atoms with Gasteiger partial charge in [0.05, 0.1) is 15.5 Å². The molecule has 96 valence electrons. The summed E-state index contributed by atoms with van der Waals surface area (Å²) in [7, 11) is 0. The van der Waals surface area contributed by atoms with Gasteiger partial charge in [-0.05, 0) is 46.6 Å². The van der Waals surface area contributed by atoms with E-state index in [2.05, 4.69) is 41.8 Å². The molecule has 0 radical (unpaired) electrons. The van der Waals surface area contributed by atoms with Gasteiger partial charge in [0.25, 0.3) is 0 Å². The fraction of sp³-hybridized carbons (Fsp3) is 0.0714. The predicted octanol–water partition coefficient (Wildman–Crippen LogP) is 5.20. The van der Waals surface area contributed by atoms with Crippen LogP contribution in [-0.4, -0.2) is 9.97 Å². The van der Waals surface area contributed by atoms with Crippen LogP contribution in [0.4, 0.5) is 4.39 Å². The number of aromatic nitrogens is 2. The van der Waals surface area contributed by atoms with Crippen molar-refractivity contribution in [3.8, 4) is 11.4 Å². The third-order valence-corrected chi connectivity index (χ3v) is 4.45. The van der Waals surface area contributed by atoms with Gasteiger partial charge in [0, 0.05) is 16.1 Å². The average molecular weight is 384 g/mol. The Labute approximate surface area is 126 Å². The van der Waals surface area contributed by atoms with Crippen molar-refractivity contribution >= 4 is 42.9 Å². The van der Waals surface area contributed by atoms with Crippen molar-refractivity contribution in [2.45, 2.75) is 6.92 Å². The highest BCUT2D eigenvalue weighted by atomic mass is 79.9. The maximum absolute atomic E-state index is 13.5. The molecule has 3 aromatic rings. The Balaban J connectivity index is 2.17. The topological polar surface area (TPSA) is 28.7 Å². The number of aromatic amines is 1. The first kappa shape index (κ1) is 12.8. The van der Waals surface area contributed by atoms with Crippen LogP contribution < -0.4 is 0 Å². The highest BCUT2D eigenvalue weighted by molar-refractivity contribution is 9.10. The van der Waals surface area contributed by atoms with Gasteiger partial charge in [-0.1, -0.05) is 22.0 Å². The summed E-state index contributed by atoms with van der Waals surface area (Å²) in [5.74, 6) is 0.442. The highest BCUT2D eigenvalue weighted by Crippen LogP contribution is 2.27. The smallest absolute Gasteiger partial charge is 0.139 e. The number of halogens is 3. The Bertz CT molecular complexity index is 741. The van der Waals surface area contributed by atoms with E-state index in [-0.39, 0.29) is 5.82 Å². The van der Waals surface area contributed by atoms with Crippen LogP contribution in [0.2, 0.25) is 0 Å². The summed E-state index contributed by atoms with van der Waals surface area (Å²) in [6.45, 7) is 2.02. The molecule has 1 heterocycles. The molecule has 0 aliphatic carbocycles. The second-order valence-corrected chi connectivity index (χ2v) is 6.04. The van der Waals surface area contributed by atoms with Crippen LogP contribution in [-0.2, 0) is 0 Å². The number of nitrogens with one attached hydrogen (secondary N) is 1. The molecule has 19 heavy (non-hydrogen) atoms. The number of H-pyrrole nitrogens is 1. The van der Waals surface area contributed by atoms with Gasteiger partial charge in [0.2, 0.25) is 0 Å². The predicted molar refractivity (Wildman–Crippen MR) is 81.6 cm³/mol. The maximum atomic E-state index is 13.5. The molecule has 0 spiro atoms. The average Bonchev–Trinajstić information content (AvgIpc) is 2.76. The molecule has 0 saturated carbocycles. The molecule has 0 unspecified atom stereocenters. The number of rotatable bonds is 1. The van der Waals surface area contributed by atoms with E-state index in [1.165, 1.54) is 6.07 Å². The van der Waals surface area contributed by atoms with E-state index in [0.29, 0.717) is 9.99 Å². The lowest BCUT2D eigenvalue weighted by atomic mass is 10.1. The Kier molecular flexibility index (Phi) is 3.19. The molecule has 0 aliphatic heterocycles. The number of fused-ring (bicyclic) bond motifs is 1. The first-order chi connectivity index (χ1) is 9.04. The molecule has 1 aromatic heterocycles. The zero-order chi connectivity index (χ0) is 13.6. The molecule has 1 N–H and O–H groups in total. The molecule has 0 atom stereocenters. The van der Waals surface area contributed by atoms with Crippen LogP contribution in [0.25, 0.3) is 22.4 Å². The molecular formula is C14H9Br2FN2. The molecular weight excluding hydrogens is 375 g/mol. The summed E-state index contributed by atoms with van der Waals surface area (Å²) in [6, 6.07) is 9.11. The van der Waals surface area contributed by atoms with Gasteiger partial charge in [0.1, 0.15) is 11.6 Å². The van der Waals surface area contributed by atoms with Crippen LogP contribution in [0, 0.1) is 12.7 Å². The van der Waals surface area contributed by atoms with E-state index < -0.39 is 0 Å². The van der Waals surface area contributed by atoms with Crippen LogP contribution in [0.1, 0.15) is 5.56 Å². The van der Waals surface area contributed by atoms with Gasteiger partial charge >= 0.3 is 0 Å². The summed E-state index contributed by atoms with van der Waals surface area (Å²) < 4.78 is 15.0. The van der Waals surface area contributed by atoms with Gasteiger partial charge in [-0.2, -0.15) is 0 Å². The number of aryl methyl sites for hydroxylation is 1. The first-order valence-corrected chi connectivity index (χ1v) is 7.24. The van der Waals surface area contributed by atoms with E-state index in [0.717, 1.165) is 26.9 Å². The number of imidazole rings is 1. The lowest BCUT2D eigenvalue weighted by Crippen LogP contribution is -1.82. The van der Waals surface area contributed by atoms with Gasteiger partial charge in [-0.15, -0.1) is 0 Å². The minimum Gasteiger partial charge on any atom is -0.338 e. The number of hydrogen-bond donors (Lipinski definition) is 1. The van der Waals surface area contributed by atoms with Crippen molar-refractivity contribution in [2.24, 2.45) is 0 Å².